The molecule has 0 spiro atoms. The van der Waals surface area contributed by atoms with Crippen molar-refractivity contribution in [3.63, 3.8) is 0 Å². The monoisotopic (exact) mass is 499 g/mol. The summed E-state index contributed by atoms with van der Waals surface area (Å²) in [4.78, 5) is 29.7. The van der Waals surface area contributed by atoms with E-state index in [1.165, 1.54) is 12.8 Å². The molecule has 4 aromatic rings. The molecule has 1 amide bonds. The van der Waals surface area contributed by atoms with Crippen LogP contribution in [0.15, 0.2) is 24.4 Å². The molecule has 0 radical (unpaired) electrons. The normalized spacial score (nSPS) is 23.0. The highest BCUT2D eigenvalue weighted by Crippen LogP contribution is 2.39. The van der Waals surface area contributed by atoms with E-state index in [9.17, 15) is 4.79 Å². The molecule has 4 heterocycles. The molecule has 9 heteroatoms. The van der Waals surface area contributed by atoms with Gasteiger partial charge in [0.2, 0.25) is 0 Å². The van der Waals surface area contributed by atoms with Crippen LogP contribution in [-0.4, -0.2) is 60.6 Å². The Bertz CT molecular complexity index is 1550. The molecule has 2 aliphatic carbocycles. The summed E-state index contributed by atoms with van der Waals surface area (Å²) in [6, 6.07) is 6.78. The first-order chi connectivity index (χ1) is 18.0. The van der Waals surface area contributed by atoms with Crippen molar-refractivity contribution in [2.24, 2.45) is 24.6 Å². The lowest BCUT2D eigenvalue weighted by molar-refractivity contribution is 0.0700. The fraction of sp³-hybridized carbons (Fsp3) is 0.500. The number of methoxy groups -OCH3 is 1. The van der Waals surface area contributed by atoms with Gasteiger partial charge < -0.3 is 24.5 Å². The van der Waals surface area contributed by atoms with E-state index in [4.69, 9.17) is 15.5 Å². The zero-order valence-corrected chi connectivity index (χ0v) is 21.6. The van der Waals surface area contributed by atoms with E-state index >= 15 is 0 Å². The summed E-state index contributed by atoms with van der Waals surface area (Å²) in [5.41, 5.74) is 12.0. The fourth-order valence-electron chi connectivity index (χ4n) is 6.57. The molecular weight excluding hydrogens is 466 g/mol. The van der Waals surface area contributed by atoms with E-state index in [1.807, 2.05) is 17.2 Å². The molecule has 3 atom stereocenters. The van der Waals surface area contributed by atoms with E-state index < -0.39 is 0 Å². The van der Waals surface area contributed by atoms with Gasteiger partial charge in [0.15, 0.2) is 5.82 Å². The lowest BCUT2D eigenvalue weighted by Crippen LogP contribution is -2.41. The topological polar surface area (TPSA) is 104 Å². The van der Waals surface area contributed by atoms with Gasteiger partial charge in [-0.05, 0) is 67.7 Å². The number of piperidine rings is 1. The number of amides is 1. The number of carbonyl (C=O) groups is 1. The molecule has 37 heavy (non-hydrogen) atoms. The first kappa shape index (κ1) is 22.7. The minimum Gasteiger partial charge on any atom is -0.467 e. The number of hydrogen-bond donors (Lipinski definition) is 1. The molecule has 2 saturated carbocycles. The molecule has 1 aromatic carbocycles. The van der Waals surface area contributed by atoms with Gasteiger partial charge in [0.25, 0.3) is 5.91 Å². The predicted octanol–water partition coefficient (Wildman–Crippen LogP) is 3.53. The number of fused-ring (bicyclic) bond motifs is 4. The van der Waals surface area contributed by atoms with Gasteiger partial charge in [0, 0.05) is 49.4 Å². The van der Waals surface area contributed by atoms with Crippen LogP contribution in [0.2, 0.25) is 0 Å². The van der Waals surface area contributed by atoms with Crippen molar-refractivity contribution in [3.8, 4) is 17.5 Å². The third-order valence-electron chi connectivity index (χ3n) is 8.75. The van der Waals surface area contributed by atoms with Crippen LogP contribution >= 0.6 is 0 Å². The maximum absolute atomic E-state index is 13.6. The van der Waals surface area contributed by atoms with Crippen LogP contribution in [0, 0.1) is 11.8 Å². The zero-order chi connectivity index (χ0) is 25.4. The van der Waals surface area contributed by atoms with Crippen LogP contribution in [-0.2, 0) is 20.0 Å². The predicted molar refractivity (Wildman–Crippen MR) is 141 cm³/mol. The second kappa shape index (κ2) is 8.28. The lowest BCUT2D eigenvalue weighted by atomic mass is 10.0. The number of rotatable bonds is 6. The molecule has 7 rings (SSSR count). The van der Waals surface area contributed by atoms with Crippen LogP contribution in [0.25, 0.3) is 33.6 Å². The standard InChI is InChI=1S/C28H33N7O2/c1-4-16-9-18(27(36)35-14-17-7-8-21(35)23(17)29)10-20-24(16)33(2)26(31-20)22-11-19-12-30-28(37-3)32-25(19)34(22)13-15-5-6-15/h9-12,15,17,21,23H,4-8,13-14,29H2,1-3H3/t17-,21?,23?/m1/s1. The summed E-state index contributed by atoms with van der Waals surface area (Å²) in [5.74, 6) is 2.04. The van der Waals surface area contributed by atoms with E-state index in [0.717, 1.165) is 71.5 Å². The van der Waals surface area contributed by atoms with Gasteiger partial charge in [-0.3, -0.25) is 4.79 Å². The Labute approximate surface area is 215 Å². The Kier molecular flexibility index (Phi) is 5.08. The van der Waals surface area contributed by atoms with Crippen molar-refractivity contribution in [1.29, 1.82) is 0 Å². The molecule has 1 aliphatic heterocycles. The maximum atomic E-state index is 13.6. The molecule has 192 valence electrons. The van der Waals surface area contributed by atoms with Crippen LogP contribution in [0.3, 0.4) is 0 Å². The molecule has 1 saturated heterocycles. The summed E-state index contributed by atoms with van der Waals surface area (Å²) in [6.45, 7) is 3.79. The highest BCUT2D eigenvalue weighted by atomic mass is 16.5. The molecule has 3 aromatic heterocycles. The molecular formula is C28H33N7O2. The molecule has 2 bridgehead atoms. The number of aryl methyl sites for hydroxylation is 2. The van der Waals surface area contributed by atoms with Crippen molar-refractivity contribution in [3.05, 3.63) is 35.5 Å². The first-order valence-corrected chi connectivity index (χ1v) is 13.4. The van der Waals surface area contributed by atoms with Gasteiger partial charge in [-0.15, -0.1) is 0 Å². The van der Waals surface area contributed by atoms with Gasteiger partial charge in [0.05, 0.1) is 23.8 Å². The Morgan fingerprint density at radius 2 is 2.00 bits per heavy atom. The van der Waals surface area contributed by atoms with E-state index in [-0.39, 0.29) is 18.0 Å². The minimum absolute atomic E-state index is 0.0802. The van der Waals surface area contributed by atoms with Crippen molar-refractivity contribution in [1.82, 2.24) is 29.0 Å². The average molecular weight is 500 g/mol. The van der Waals surface area contributed by atoms with Gasteiger partial charge in [0.1, 0.15) is 5.65 Å². The number of imidazole rings is 1. The van der Waals surface area contributed by atoms with Crippen molar-refractivity contribution < 1.29 is 9.53 Å². The SMILES string of the molecule is CCc1cc(C(=O)N2C[C@H]3CCC2C3N)cc2nc(-c3cc4cnc(OC)nc4n3CC3CC3)n(C)c12. The first-order valence-electron chi connectivity index (χ1n) is 13.4. The lowest BCUT2D eigenvalue weighted by Gasteiger charge is -2.27. The molecule has 2 N–H and O–H groups in total. The quantitative estimate of drug-likeness (QED) is 0.435. The number of benzene rings is 1. The Morgan fingerprint density at radius 3 is 2.68 bits per heavy atom. The van der Waals surface area contributed by atoms with E-state index in [1.54, 1.807) is 7.11 Å². The number of nitrogens with zero attached hydrogens (tertiary/aromatic N) is 6. The van der Waals surface area contributed by atoms with Crippen molar-refractivity contribution >= 4 is 28.0 Å². The highest BCUT2D eigenvalue weighted by Gasteiger charge is 2.47. The van der Waals surface area contributed by atoms with Gasteiger partial charge in [-0.1, -0.05) is 6.92 Å². The summed E-state index contributed by atoms with van der Waals surface area (Å²) < 4.78 is 9.74. The fourth-order valence-corrected chi connectivity index (χ4v) is 6.57. The number of aromatic nitrogens is 5. The average Bonchev–Trinajstić information content (AvgIpc) is 3.32. The second-order valence-corrected chi connectivity index (χ2v) is 11.0. The third kappa shape index (κ3) is 3.47. The van der Waals surface area contributed by atoms with E-state index in [2.05, 4.69) is 45.2 Å². The Balaban J connectivity index is 1.35. The summed E-state index contributed by atoms with van der Waals surface area (Å²) in [6.07, 6.45) is 7.24. The third-order valence-corrected chi connectivity index (χ3v) is 8.75. The number of likely N-dealkylation sites (tertiary alicyclic amines) is 1. The summed E-state index contributed by atoms with van der Waals surface area (Å²) in [7, 11) is 3.66. The van der Waals surface area contributed by atoms with Crippen LogP contribution in [0.4, 0.5) is 0 Å². The van der Waals surface area contributed by atoms with Crippen molar-refractivity contribution in [2.75, 3.05) is 13.7 Å². The second-order valence-electron chi connectivity index (χ2n) is 11.0. The van der Waals surface area contributed by atoms with Crippen molar-refractivity contribution in [2.45, 2.75) is 57.7 Å². The molecule has 9 nitrogen and oxygen atoms in total. The van der Waals surface area contributed by atoms with Gasteiger partial charge in [-0.25, -0.2) is 9.97 Å². The van der Waals surface area contributed by atoms with Crippen LogP contribution in [0.1, 0.15) is 48.5 Å². The number of hydrogen-bond acceptors (Lipinski definition) is 6. The minimum atomic E-state index is 0.0802. The number of ether oxygens (including phenoxy) is 1. The molecule has 3 aliphatic rings. The summed E-state index contributed by atoms with van der Waals surface area (Å²) >= 11 is 0. The largest absolute Gasteiger partial charge is 0.467 e. The zero-order valence-electron chi connectivity index (χ0n) is 21.6. The van der Waals surface area contributed by atoms with Crippen LogP contribution in [0.5, 0.6) is 6.01 Å². The number of nitrogens with two attached hydrogens (primary N) is 1. The van der Waals surface area contributed by atoms with Gasteiger partial charge >= 0.3 is 6.01 Å². The van der Waals surface area contributed by atoms with Gasteiger partial charge in [-0.2, -0.15) is 4.98 Å². The van der Waals surface area contributed by atoms with Crippen LogP contribution < -0.4 is 10.5 Å². The molecule has 2 unspecified atom stereocenters. The maximum Gasteiger partial charge on any atom is 0.318 e. The molecule has 3 fully saturated rings. The number of carbonyl (C=O) groups excluding carboxylic acids is 1. The highest BCUT2D eigenvalue weighted by molar-refractivity contribution is 5.99. The van der Waals surface area contributed by atoms with E-state index in [0.29, 0.717) is 23.4 Å². The Morgan fingerprint density at radius 1 is 1.16 bits per heavy atom. The Hall–Kier alpha value is -3.46. The smallest absolute Gasteiger partial charge is 0.318 e. The summed E-state index contributed by atoms with van der Waals surface area (Å²) in [5, 5.41) is 0.968.